The first-order valence-corrected chi connectivity index (χ1v) is 15.0. The van der Waals surface area contributed by atoms with Crippen LogP contribution in [0.2, 0.25) is 5.02 Å². The highest BCUT2D eigenvalue weighted by molar-refractivity contribution is 6.31. The SMILES string of the molecule is CC(C)(C)[C@H](NC(=O)[C@@H]1C[C@H]1c1ccccc1Cl)C(=O)N1C[C@H]2[C@@H]([C@H]1C(=O)N[C@H](C#N)C[C@@H]1CCNC1=O)C2(C)C. The molecule has 4 fully saturated rings. The molecule has 2 aliphatic heterocycles. The van der Waals surface area contributed by atoms with E-state index < -0.39 is 23.5 Å². The lowest BCUT2D eigenvalue weighted by atomic mass is 9.85. The lowest BCUT2D eigenvalue weighted by molar-refractivity contribution is -0.145. The number of halogens is 1. The molecule has 2 saturated carbocycles. The van der Waals surface area contributed by atoms with Crippen molar-refractivity contribution < 1.29 is 19.2 Å². The van der Waals surface area contributed by atoms with Crippen molar-refractivity contribution in [2.45, 2.75) is 77.9 Å². The van der Waals surface area contributed by atoms with Gasteiger partial charge in [-0.3, -0.25) is 19.2 Å². The number of carbonyl (C=O) groups excluding carboxylic acids is 4. The maximum atomic E-state index is 14.1. The monoisotopic (exact) mass is 581 g/mol. The van der Waals surface area contributed by atoms with Crippen LogP contribution in [0.4, 0.5) is 0 Å². The van der Waals surface area contributed by atoms with Crippen molar-refractivity contribution in [1.82, 2.24) is 20.9 Å². The zero-order valence-electron chi connectivity index (χ0n) is 24.4. The van der Waals surface area contributed by atoms with E-state index in [0.717, 1.165) is 5.56 Å². The average molecular weight is 582 g/mol. The summed E-state index contributed by atoms with van der Waals surface area (Å²) in [6, 6.07) is 7.24. The van der Waals surface area contributed by atoms with E-state index in [1.165, 1.54) is 0 Å². The summed E-state index contributed by atoms with van der Waals surface area (Å²) in [5.74, 6) is -1.38. The van der Waals surface area contributed by atoms with Crippen LogP contribution >= 0.6 is 11.6 Å². The second kappa shape index (κ2) is 10.6. The van der Waals surface area contributed by atoms with Gasteiger partial charge >= 0.3 is 0 Å². The first-order valence-electron chi connectivity index (χ1n) is 14.6. The molecule has 0 unspecified atom stereocenters. The second-order valence-electron chi connectivity index (χ2n) is 13.9. The number of nitrogens with one attached hydrogen (secondary N) is 3. The number of nitrogens with zero attached hydrogens (tertiary/aromatic N) is 2. The third-order valence-corrected chi connectivity index (χ3v) is 10.1. The van der Waals surface area contributed by atoms with Crippen molar-refractivity contribution in [3.63, 3.8) is 0 Å². The first kappa shape index (κ1) is 29.4. The molecule has 0 bridgehead atoms. The highest BCUT2D eigenvalue weighted by atomic mass is 35.5. The number of hydrogen-bond donors (Lipinski definition) is 3. The lowest BCUT2D eigenvalue weighted by Gasteiger charge is -2.38. The smallest absolute Gasteiger partial charge is 0.246 e. The molecule has 4 amide bonds. The first-order chi connectivity index (χ1) is 19.3. The van der Waals surface area contributed by atoms with E-state index in [4.69, 9.17) is 11.6 Å². The molecule has 0 aromatic heterocycles. The summed E-state index contributed by atoms with van der Waals surface area (Å²) in [5, 5.41) is 19.0. The molecule has 220 valence electrons. The molecule has 1 aromatic rings. The number of rotatable bonds is 8. The Morgan fingerprint density at radius 3 is 2.51 bits per heavy atom. The predicted molar refractivity (Wildman–Crippen MR) is 153 cm³/mol. The van der Waals surface area contributed by atoms with Crippen molar-refractivity contribution in [3.8, 4) is 6.07 Å². The number of likely N-dealkylation sites (tertiary alicyclic amines) is 1. The summed E-state index contributed by atoms with van der Waals surface area (Å²) >= 11 is 6.36. The molecular weight excluding hydrogens is 542 g/mol. The van der Waals surface area contributed by atoms with E-state index >= 15 is 0 Å². The van der Waals surface area contributed by atoms with Crippen LogP contribution in [0.25, 0.3) is 0 Å². The molecule has 2 aliphatic carbocycles. The third kappa shape index (κ3) is 5.55. The maximum Gasteiger partial charge on any atom is 0.246 e. The van der Waals surface area contributed by atoms with Crippen molar-refractivity contribution in [2.75, 3.05) is 13.1 Å². The fourth-order valence-electron chi connectivity index (χ4n) is 7.04. The molecule has 5 rings (SSSR count). The van der Waals surface area contributed by atoms with Crippen LogP contribution in [0.3, 0.4) is 0 Å². The molecule has 9 nitrogen and oxygen atoms in total. The summed E-state index contributed by atoms with van der Waals surface area (Å²) in [7, 11) is 0. The van der Waals surface area contributed by atoms with E-state index in [1.807, 2.05) is 45.0 Å². The summed E-state index contributed by atoms with van der Waals surface area (Å²) < 4.78 is 0. The quantitative estimate of drug-likeness (QED) is 0.434. The Labute approximate surface area is 246 Å². The van der Waals surface area contributed by atoms with Gasteiger partial charge in [-0.25, -0.2) is 0 Å². The summed E-state index contributed by atoms with van der Waals surface area (Å²) in [6.45, 7) is 10.9. The van der Waals surface area contributed by atoms with Gasteiger partial charge in [0.15, 0.2) is 0 Å². The van der Waals surface area contributed by atoms with Gasteiger partial charge in [0, 0.05) is 29.9 Å². The Bertz CT molecular complexity index is 1300. The highest BCUT2D eigenvalue weighted by Crippen LogP contribution is 2.65. The van der Waals surface area contributed by atoms with E-state index in [-0.39, 0.29) is 65.1 Å². The van der Waals surface area contributed by atoms with Gasteiger partial charge < -0.3 is 20.9 Å². The lowest BCUT2D eigenvalue weighted by Crippen LogP contribution is -2.60. The molecule has 2 heterocycles. The van der Waals surface area contributed by atoms with Gasteiger partial charge in [-0.2, -0.15) is 5.26 Å². The van der Waals surface area contributed by atoms with Gasteiger partial charge in [-0.1, -0.05) is 64.4 Å². The molecule has 0 spiro atoms. The Morgan fingerprint density at radius 1 is 1.20 bits per heavy atom. The minimum Gasteiger partial charge on any atom is -0.356 e. The van der Waals surface area contributed by atoms with Gasteiger partial charge in [0.1, 0.15) is 18.1 Å². The number of piperidine rings is 1. The van der Waals surface area contributed by atoms with Crippen LogP contribution < -0.4 is 16.0 Å². The zero-order valence-corrected chi connectivity index (χ0v) is 25.1. The molecular formula is C31H40ClN5O4. The van der Waals surface area contributed by atoms with Crippen LogP contribution in [-0.2, 0) is 19.2 Å². The van der Waals surface area contributed by atoms with Crippen molar-refractivity contribution in [3.05, 3.63) is 34.9 Å². The van der Waals surface area contributed by atoms with Crippen molar-refractivity contribution >= 4 is 35.2 Å². The molecule has 3 N–H and O–H groups in total. The predicted octanol–water partition coefficient (Wildman–Crippen LogP) is 2.99. The fourth-order valence-corrected chi connectivity index (χ4v) is 7.31. The van der Waals surface area contributed by atoms with Crippen LogP contribution in [0.1, 0.15) is 65.4 Å². The number of amides is 4. The number of nitriles is 1. The molecule has 8 atom stereocenters. The fraction of sp³-hybridized carbons (Fsp3) is 0.645. The number of hydrogen-bond acceptors (Lipinski definition) is 5. The van der Waals surface area contributed by atoms with Gasteiger partial charge in [0.2, 0.25) is 23.6 Å². The van der Waals surface area contributed by atoms with Gasteiger partial charge in [0.25, 0.3) is 0 Å². The number of fused-ring (bicyclic) bond motifs is 1. The molecule has 1 aromatic carbocycles. The Morgan fingerprint density at radius 2 is 1.90 bits per heavy atom. The molecule has 2 saturated heterocycles. The molecule has 10 heteroatoms. The topological polar surface area (TPSA) is 131 Å². The Balaban J connectivity index is 1.30. The van der Waals surface area contributed by atoms with Crippen molar-refractivity contribution in [1.29, 1.82) is 5.26 Å². The van der Waals surface area contributed by atoms with Crippen LogP contribution in [0.15, 0.2) is 24.3 Å². The average Bonchev–Trinajstić information content (AvgIpc) is 3.65. The van der Waals surface area contributed by atoms with Crippen LogP contribution in [0.5, 0.6) is 0 Å². The third-order valence-electron chi connectivity index (χ3n) is 9.75. The van der Waals surface area contributed by atoms with Crippen molar-refractivity contribution in [2.24, 2.45) is 34.5 Å². The summed E-state index contributed by atoms with van der Waals surface area (Å²) in [4.78, 5) is 54.9. The maximum absolute atomic E-state index is 14.1. The number of carbonyl (C=O) groups is 4. The molecule has 4 aliphatic rings. The van der Waals surface area contributed by atoms with E-state index in [1.54, 1.807) is 4.90 Å². The second-order valence-corrected chi connectivity index (χ2v) is 14.3. The summed E-state index contributed by atoms with van der Waals surface area (Å²) in [6.07, 6.45) is 1.53. The summed E-state index contributed by atoms with van der Waals surface area (Å²) in [5.41, 5.74) is 0.229. The minimum absolute atomic E-state index is 0.0167. The Hall–Kier alpha value is -3.12. The van der Waals surface area contributed by atoms with Gasteiger partial charge in [-0.05, 0) is 59.5 Å². The highest BCUT2D eigenvalue weighted by Gasteiger charge is 2.70. The van der Waals surface area contributed by atoms with Crippen LogP contribution in [0, 0.1) is 45.8 Å². The van der Waals surface area contributed by atoms with E-state index in [0.29, 0.717) is 31.0 Å². The van der Waals surface area contributed by atoms with E-state index in [9.17, 15) is 24.4 Å². The molecule has 0 radical (unpaired) electrons. The minimum atomic E-state index is -0.830. The van der Waals surface area contributed by atoms with E-state index in [2.05, 4.69) is 35.9 Å². The molecule has 41 heavy (non-hydrogen) atoms. The van der Waals surface area contributed by atoms with Gasteiger partial charge in [0.05, 0.1) is 6.07 Å². The Kier molecular flexibility index (Phi) is 7.60. The standard InChI is InChI=1S/C31H40ClN5O4/c1-30(2,3)25(36-27(39)20-13-19(20)18-8-6-7-9-22(18)32)29(41)37-15-21-23(31(21,4)5)24(37)28(40)35-17(14-33)12-16-10-11-34-26(16)38/h6-9,16-17,19-21,23-25H,10-13,15H2,1-5H3,(H,34,38)(H,35,40)(H,36,39)/t16-,17-,19-,20+,21-,23-,24-,25+/m0/s1. The largest absolute Gasteiger partial charge is 0.356 e. The normalized spacial score (nSPS) is 30.9. The van der Waals surface area contributed by atoms with Crippen LogP contribution in [-0.4, -0.2) is 59.7 Å². The van der Waals surface area contributed by atoms with Gasteiger partial charge in [-0.15, -0.1) is 0 Å². The zero-order chi connectivity index (χ0) is 29.9. The number of benzene rings is 1.